The molecule has 0 aliphatic heterocycles. The Morgan fingerprint density at radius 3 is 2.65 bits per heavy atom. The number of aryl methyl sites for hydroxylation is 2. The number of nitrogens with one attached hydrogen (secondary N) is 1. The van der Waals surface area contributed by atoms with Crippen LogP contribution in [-0.4, -0.2) is 11.6 Å². The molecule has 0 aliphatic rings. The van der Waals surface area contributed by atoms with Crippen molar-refractivity contribution in [1.82, 2.24) is 4.98 Å². The molecule has 102 valence electrons. The van der Waals surface area contributed by atoms with Crippen LogP contribution < -0.4 is 10.3 Å². The predicted octanol–water partition coefficient (Wildman–Crippen LogP) is 2.93. The Morgan fingerprint density at radius 2 is 2.00 bits per heavy atom. The SMILES string of the molecule is CCOc1ccc(C)cc1-c1cc(C)[nH]c(=O)c1C#N. The van der Waals surface area contributed by atoms with Gasteiger partial charge in [0, 0.05) is 16.8 Å². The first-order chi connectivity index (χ1) is 9.56. The predicted molar refractivity (Wildman–Crippen MR) is 77.9 cm³/mol. The summed E-state index contributed by atoms with van der Waals surface area (Å²) in [7, 11) is 0. The molecule has 0 aliphatic carbocycles. The van der Waals surface area contributed by atoms with Crippen LogP contribution >= 0.6 is 0 Å². The van der Waals surface area contributed by atoms with Gasteiger partial charge in [-0.3, -0.25) is 4.79 Å². The molecule has 0 amide bonds. The van der Waals surface area contributed by atoms with Gasteiger partial charge >= 0.3 is 0 Å². The van der Waals surface area contributed by atoms with E-state index in [2.05, 4.69) is 4.98 Å². The van der Waals surface area contributed by atoms with E-state index in [1.165, 1.54) is 0 Å². The lowest BCUT2D eigenvalue weighted by Gasteiger charge is -2.12. The van der Waals surface area contributed by atoms with Gasteiger partial charge in [-0.15, -0.1) is 0 Å². The molecule has 4 nitrogen and oxygen atoms in total. The standard InChI is InChI=1S/C16H16N2O2/c1-4-20-15-6-5-10(2)7-13(15)12-8-11(3)18-16(19)14(12)9-17/h5-8H,4H2,1-3H3,(H,18,19). The van der Waals surface area contributed by atoms with E-state index in [1.54, 1.807) is 13.0 Å². The molecular formula is C16H16N2O2. The third kappa shape index (κ3) is 2.57. The highest BCUT2D eigenvalue weighted by Gasteiger charge is 2.14. The molecule has 0 atom stereocenters. The molecule has 1 heterocycles. The molecule has 0 saturated heterocycles. The summed E-state index contributed by atoms with van der Waals surface area (Å²) in [5.41, 5.74) is 2.89. The molecule has 0 fully saturated rings. The quantitative estimate of drug-likeness (QED) is 0.930. The monoisotopic (exact) mass is 268 g/mol. The first-order valence-electron chi connectivity index (χ1n) is 6.44. The van der Waals surface area contributed by atoms with Gasteiger partial charge in [0.15, 0.2) is 0 Å². The van der Waals surface area contributed by atoms with Crippen LogP contribution in [0, 0.1) is 25.2 Å². The van der Waals surface area contributed by atoms with Gasteiger partial charge in [-0.05, 0) is 39.0 Å². The summed E-state index contributed by atoms with van der Waals surface area (Å²) in [6, 6.07) is 9.52. The maximum absolute atomic E-state index is 11.9. The molecule has 0 saturated carbocycles. The Balaban J connectivity index is 2.77. The average molecular weight is 268 g/mol. The van der Waals surface area contributed by atoms with Crippen LogP contribution in [0.25, 0.3) is 11.1 Å². The minimum Gasteiger partial charge on any atom is -0.493 e. The van der Waals surface area contributed by atoms with E-state index in [-0.39, 0.29) is 11.1 Å². The van der Waals surface area contributed by atoms with Gasteiger partial charge in [-0.1, -0.05) is 11.6 Å². The molecule has 0 radical (unpaired) electrons. The van der Waals surface area contributed by atoms with Crippen molar-refractivity contribution in [2.45, 2.75) is 20.8 Å². The number of ether oxygens (including phenoxy) is 1. The van der Waals surface area contributed by atoms with Crippen molar-refractivity contribution in [3.05, 3.63) is 51.4 Å². The van der Waals surface area contributed by atoms with Crippen molar-refractivity contribution < 1.29 is 4.74 Å². The third-order valence-electron chi connectivity index (χ3n) is 3.00. The molecule has 0 spiro atoms. The summed E-state index contributed by atoms with van der Waals surface area (Å²) in [4.78, 5) is 14.5. The van der Waals surface area contributed by atoms with Crippen LogP contribution in [0.4, 0.5) is 0 Å². The first-order valence-corrected chi connectivity index (χ1v) is 6.44. The van der Waals surface area contributed by atoms with Crippen LogP contribution in [0.15, 0.2) is 29.1 Å². The fraction of sp³-hybridized carbons (Fsp3) is 0.250. The molecular weight excluding hydrogens is 252 g/mol. The second-order valence-electron chi connectivity index (χ2n) is 4.61. The Labute approximate surface area is 117 Å². The number of hydrogen-bond donors (Lipinski definition) is 1. The molecule has 1 aromatic heterocycles. The van der Waals surface area contributed by atoms with Crippen LogP contribution in [0.1, 0.15) is 23.7 Å². The molecule has 1 N–H and O–H groups in total. The van der Waals surface area contributed by atoms with Crippen molar-refractivity contribution in [2.24, 2.45) is 0 Å². The van der Waals surface area contributed by atoms with Crippen molar-refractivity contribution in [1.29, 1.82) is 5.26 Å². The minimum absolute atomic E-state index is 0.113. The molecule has 1 aromatic carbocycles. The third-order valence-corrected chi connectivity index (χ3v) is 3.00. The van der Waals surface area contributed by atoms with Crippen LogP contribution in [0.3, 0.4) is 0 Å². The zero-order valence-corrected chi connectivity index (χ0v) is 11.8. The Hall–Kier alpha value is -2.54. The zero-order chi connectivity index (χ0) is 14.7. The number of hydrogen-bond acceptors (Lipinski definition) is 3. The topological polar surface area (TPSA) is 65.9 Å². The normalized spacial score (nSPS) is 10.1. The minimum atomic E-state index is -0.369. The maximum Gasteiger partial charge on any atom is 0.266 e. The highest BCUT2D eigenvalue weighted by Crippen LogP contribution is 2.32. The van der Waals surface area contributed by atoms with E-state index in [4.69, 9.17) is 4.74 Å². The number of nitrogens with zero attached hydrogens (tertiary/aromatic N) is 1. The molecule has 20 heavy (non-hydrogen) atoms. The molecule has 4 heteroatoms. The Bertz CT molecular complexity index is 739. The summed E-state index contributed by atoms with van der Waals surface area (Å²) < 4.78 is 5.60. The maximum atomic E-state index is 11.9. The number of pyridine rings is 1. The summed E-state index contributed by atoms with van der Waals surface area (Å²) >= 11 is 0. The smallest absolute Gasteiger partial charge is 0.266 e. The van der Waals surface area contributed by atoms with Crippen molar-refractivity contribution >= 4 is 0 Å². The van der Waals surface area contributed by atoms with Crippen LogP contribution in [0.5, 0.6) is 5.75 Å². The largest absolute Gasteiger partial charge is 0.493 e. The Morgan fingerprint density at radius 1 is 1.25 bits per heavy atom. The van der Waals surface area contributed by atoms with Gasteiger partial charge in [0.1, 0.15) is 17.4 Å². The molecule has 0 bridgehead atoms. The number of nitriles is 1. The van der Waals surface area contributed by atoms with Crippen LogP contribution in [-0.2, 0) is 0 Å². The highest BCUT2D eigenvalue weighted by atomic mass is 16.5. The second-order valence-corrected chi connectivity index (χ2v) is 4.61. The lowest BCUT2D eigenvalue weighted by atomic mass is 9.98. The van der Waals surface area contributed by atoms with Gasteiger partial charge in [0.2, 0.25) is 0 Å². The summed E-state index contributed by atoms with van der Waals surface area (Å²) in [6.07, 6.45) is 0. The lowest BCUT2D eigenvalue weighted by Crippen LogP contribution is -2.13. The number of rotatable bonds is 3. The number of aromatic nitrogens is 1. The number of H-pyrrole nitrogens is 1. The summed E-state index contributed by atoms with van der Waals surface area (Å²) in [5, 5.41) is 9.23. The molecule has 2 rings (SSSR count). The number of aromatic amines is 1. The van der Waals surface area contributed by atoms with Gasteiger partial charge in [0.25, 0.3) is 5.56 Å². The lowest BCUT2D eigenvalue weighted by molar-refractivity contribution is 0.341. The van der Waals surface area contributed by atoms with E-state index in [1.807, 2.05) is 38.1 Å². The van der Waals surface area contributed by atoms with E-state index in [9.17, 15) is 10.1 Å². The highest BCUT2D eigenvalue weighted by molar-refractivity contribution is 5.76. The first kappa shape index (κ1) is 13.9. The van der Waals surface area contributed by atoms with E-state index in [0.29, 0.717) is 23.6 Å². The van der Waals surface area contributed by atoms with Crippen molar-refractivity contribution in [2.75, 3.05) is 6.61 Å². The zero-order valence-electron chi connectivity index (χ0n) is 11.8. The Kier molecular flexibility index (Phi) is 3.90. The fourth-order valence-corrected chi connectivity index (χ4v) is 2.15. The van der Waals surface area contributed by atoms with Gasteiger partial charge in [-0.2, -0.15) is 5.26 Å². The van der Waals surface area contributed by atoms with Crippen molar-refractivity contribution in [3.63, 3.8) is 0 Å². The number of benzene rings is 1. The van der Waals surface area contributed by atoms with Gasteiger partial charge in [0.05, 0.1) is 6.61 Å². The van der Waals surface area contributed by atoms with Gasteiger partial charge < -0.3 is 9.72 Å². The van der Waals surface area contributed by atoms with E-state index >= 15 is 0 Å². The molecule has 2 aromatic rings. The second kappa shape index (κ2) is 5.62. The van der Waals surface area contributed by atoms with E-state index in [0.717, 1.165) is 11.1 Å². The summed E-state index contributed by atoms with van der Waals surface area (Å²) in [5.74, 6) is 0.680. The van der Waals surface area contributed by atoms with Crippen molar-refractivity contribution in [3.8, 4) is 22.9 Å². The fourth-order valence-electron chi connectivity index (χ4n) is 2.15. The van der Waals surface area contributed by atoms with E-state index < -0.39 is 0 Å². The van der Waals surface area contributed by atoms with Gasteiger partial charge in [-0.25, -0.2) is 0 Å². The average Bonchev–Trinajstić information content (AvgIpc) is 2.40. The molecule has 0 unspecified atom stereocenters. The van der Waals surface area contributed by atoms with Crippen LogP contribution in [0.2, 0.25) is 0 Å². The summed E-state index contributed by atoms with van der Waals surface area (Å²) in [6.45, 7) is 6.19.